The van der Waals surface area contributed by atoms with Gasteiger partial charge in [-0.3, -0.25) is 4.79 Å². The van der Waals surface area contributed by atoms with Gasteiger partial charge in [0.2, 0.25) is 5.95 Å². The number of methoxy groups -OCH3 is 2. The highest BCUT2D eigenvalue weighted by molar-refractivity contribution is 5.95. The van der Waals surface area contributed by atoms with Crippen LogP contribution < -0.4 is 20.1 Å². The number of amides is 1. The molecule has 1 aromatic heterocycles. The number of rotatable bonds is 11. The summed E-state index contributed by atoms with van der Waals surface area (Å²) in [6, 6.07) is 15.3. The maximum Gasteiger partial charge on any atom is 0.251 e. The maximum absolute atomic E-state index is 12.6. The molecule has 1 aliphatic rings. The van der Waals surface area contributed by atoms with Gasteiger partial charge in [0, 0.05) is 37.0 Å². The van der Waals surface area contributed by atoms with Gasteiger partial charge in [-0.1, -0.05) is 18.2 Å². The van der Waals surface area contributed by atoms with E-state index in [1.165, 1.54) is 12.8 Å². The van der Waals surface area contributed by atoms with Gasteiger partial charge in [-0.15, -0.1) is 0 Å². The van der Waals surface area contributed by atoms with Gasteiger partial charge in [0.15, 0.2) is 11.5 Å². The zero-order valence-electron chi connectivity index (χ0n) is 20.4. The van der Waals surface area contributed by atoms with Crippen LogP contribution in [0.25, 0.3) is 11.3 Å². The number of hydrogen-bond acceptors (Lipinski definition) is 7. The van der Waals surface area contributed by atoms with Crippen molar-refractivity contribution >= 4 is 11.9 Å². The van der Waals surface area contributed by atoms with Crippen LogP contribution in [0.1, 0.15) is 28.8 Å². The summed E-state index contributed by atoms with van der Waals surface area (Å²) >= 11 is 0. The Hall–Kier alpha value is -3.65. The summed E-state index contributed by atoms with van der Waals surface area (Å²) in [5, 5.41) is 6.32. The number of ether oxygens (including phenoxy) is 2. The van der Waals surface area contributed by atoms with E-state index in [4.69, 9.17) is 9.47 Å². The summed E-state index contributed by atoms with van der Waals surface area (Å²) in [6.07, 6.45) is 5.01. The number of likely N-dealkylation sites (tertiary alicyclic amines) is 1. The monoisotopic (exact) mass is 475 g/mol. The zero-order valence-corrected chi connectivity index (χ0v) is 20.4. The highest BCUT2D eigenvalue weighted by Crippen LogP contribution is 2.27. The lowest BCUT2D eigenvalue weighted by Crippen LogP contribution is -2.33. The fraction of sp³-hybridized carbons (Fsp3) is 0.370. The van der Waals surface area contributed by atoms with E-state index < -0.39 is 0 Å². The van der Waals surface area contributed by atoms with Crippen LogP contribution in [0.15, 0.2) is 54.7 Å². The van der Waals surface area contributed by atoms with Gasteiger partial charge in [-0.25, -0.2) is 9.97 Å². The second-order valence-corrected chi connectivity index (χ2v) is 8.52. The Bertz CT molecular complexity index is 1130. The van der Waals surface area contributed by atoms with Crippen LogP contribution in [-0.2, 0) is 6.42 Å². The number of nitrogens with zero attached hydrogens (tertiary/aromatic N) is 3. The molecule has 2 N–H and O–H groups in total. The van der Waals surface area contributed by atoms with Crippen molar-refractivity contribution in [1.82, 2.24) is 20.2 Å². The summed E-state index contributed by atoms with van der Waals surface area (Å²) in [5.74, 6) is 1.91. The third-order valence-corrected chi connectivity index (χ3v) is 6.13. The van der Waals surface area contributed by atoms with E-state index in [-0.39, 0.29) is 5.91 Å². The van der Waals surface area contributed by atoms with Gasteiger partial charge >= 0.3 is 0 Å². The Morgan fingerprint density at radius 2 is 1.83 bits per heavy atom. The van der Waals surface area contributed by atoms with Crippen molar-refractivity contribution in [3.63, 3.8) is 0 Å². The van der Waals surface area contributed by atoms with Gasteiger partial charge < -0.3 is 25.0 Å². The minimum Gasteiger partial charge on any atom is -0.493 e. The van der Waals surface area contributed by atoms with Gasteiger partial charge in [-0.2, -0.15) is 0 Å². The van der Waals surface area contributed by atoms with E-state index in [2.05, 4.69) is 25.5 Å². The number of hydrogen-bond donors (Lipinski definition) is 2. The van der Waals surface area contributed by atoms with Crippen molar-refractivity contribution in [1.29, 1.82) is 0 Å². The number of anilines is 1. The average Bonchev–Trinajstić information content (AvgIpc) is 3.42. The lowest BCUT2D eigenvalue weighted by atomic mass is 10.1. The highest BCUT2D eigenvalue weighted by Gasteiger charge is 2.12. The molecule has 0 spiro atoms. The molecule has 0 atom stereocenters. The van der Waals surface area contributed by atoms with Crippen LogP contribution in [0, 0.1) is 0 Å². The van der Waals surface area contributed by atoms with Gasteiger partial charge in [-0.05, 0) is 68.2 Å². The Morgan fingerprint density at radius 1 is 1.00 bits per heavy atom. The van der Waals surface area contributed by atoms with Crippen LogP contribution >= 0.6 is 0 Å². The lowest BCUT2D eigenvalue weighted by molar-refractivity contribution is 0.0950. The molecular weight excluding hydrogens is 442 g/mol. The molecule has 0 saturated carbocycles. The first kappa shape index (κ1) is 24.5. The predicted molar refractivity (Wildman–Crippen MR) is 137 cm³/mol. The molecule has 0 aliphatic carbocycles. The Morgan fingerprint density at radius 3 is 2.63 bits per heavy atom. The molecule has 0 radical (unpaired) electrons. The SMILES string of the molecule is COc1ccc(CCNc2nccc(-c3cccc(C(=O)NCCN4CCCC4)c3)n2)cc1OC. The minimum atomic E-state index is -0.0617. The first-order valence-electron chi connectivity index (χ1n) is 12.0. The molecule has 1 fully saturated rings. The molecule has 8 heteroatoms. The molecule has 184 valence electrons. The van der Waals surface area contributed by atoms with Crippen molar-refractivity contribution in [3.8, 4) is 22.8 Å². The summed E-state index contributed by atoms with van der Waals surface area (Å²) in [7, 11) is 3.26. The first-order chi connectivity index (χ1) is 17.2. The van der Waals surface area contributed by atoms with E-state index in [1.54, 1.807) is 20.4 Å². The quantitative estimate of drug-likeness (QED) is 0.438. The number of nitrogens with one attached hydrogen (secondary N) is 2. The van der Waals surface area contributed by atoms with Crippen LogP contribution in [0.3, 0.4) is 0 Å². The number of aromatic nitrogens is 2. The number of benzene rings is 2. The van der Waals surface area contributed by atoms with E-state index in [0.717, 1.165) is 42.9 Å². The van der Waals surface area contributed by atoms with Crippen LogP contribution in [0.2, 0.25) is 0 Å². The summed E-state index contributed by atoms with van der Waals surface area (Å²) in [6.45, 7) is 4.48. The van der Waals surface area contributed by atoms with Crippen molar-refractivity contribution in [2.24, 2.45) is 0 Å². The molecule has 1 aliphatic heterocycles. The van der Waals surface area contributed by atoms with E-state index in [1.807, 2.05) is 48.5 Å². The molecule has 0 unspecified atom stereocenters. The molecular formula is C27H33N5O3. The van der Waals surface area contributed by atoms with E-state index in [0.29, 0.717) is 36.1 Å². The Balaban J connectivity index is 1.33. The fourth-order valence-corrected chi connectivity index (χ4v) is 4.22. The van der Waals surface area contributed by atoms with Crippen LogP contribution in [0.4, 0.5) is 5.95 Å². The van der Waals surface area contributed by atoms with Gasteiger partial charge in [0.1, 0.15) is 0 Å². The normalized spacial score (nSPS) is 13.4. The highest BCUT2D eigenvalue weighted by atomic mass is 16.5. The van der Waals surface area contributed by atoms with E-state index in [9.17, 15) is 4.79 Å². The number of carbonyl (C=O) groups is 1. The van der Waals surface area contributed by atoms with Crippen molar-refractivity contribution in [3.05, 3.63) is 65.9 Å². The lowest BCUT2D eigenvalue weighted by Gasteiger charge is -2.14. The third kappa shape index (κ3) is 6.70. The van der Waals surface area contributed by atoms with Crippen molar-refractivity contribution < 1.29 is 14.3 Å². The molecule has 0 bridgehead atoms. The molecule has 2 heterocycles. The van der Waals surface area contributed by atoms with Crippen molar-refractivity contribution in [2.45, 2.75) is 19.3 Å². The molecule has 2 aromatic carbocycles. The topological polar surface area (TPSA) is 88.6 Å². The second-order valence-electron chi connectivity index (χ2n) is 8.52. The maximum atomic E-state index is 12.6. The predicted octanol–water partition coefficient (Wildman–Crippen LogP) is 3.64. The van der Waals surface area contributed by atoms with Crippen LogP contribution in [0.5, 0.6) is 11.5 Å². The molecule has 35 heavy (non-hydrogen) atoms. The standard InChI is InChI=1S/C27H33N5O3/c1-34-24-9-8-20(18-25(24)35-2)10-12-29-27-30-13-11-23(31-27)21-6-5-7-22(19-21)26(33)28-14-17-32-15-3-4-16-32/h5-9,11,13,18-19H,3-4,10,12,14-17H2,1-2H3,(H,28,33)(H,29,30,31). The molecule has 1 amide bonds. The summed E-state index contributed by atoms with van der Waals surface area (Å²) in [4.78, 5) is 24.0. The largest absolute Gasteiger partial charge is 0.493 e. The van der Waals surface area contributed by atoms with Gasteiger partial charge in [0.05, 0.1) is 19.9 Å². The molecule has 3 aromatic rings. The zero-order chi connectivity index (χ0) is 24.5. The Labute approximate surface area is 206 Å². The van der Waals surface area contributed by atoms with Crippen LogP contribution in [-0.4, -0.2) is 67.7 Å². The van der Waals surface area contributed by atoms with Gasteiger partial charge in [0.25, 0.3) is 5.91 Å². The van der Waals surface area contributed by atoms with Crippen molar-refractivity contribution in [2.75, 3.05) is 52.3 Å². The van der Waals surface area contributed by atoms with E-state index >= 15 is 0 Å². The summed E-state index contributed by atoms with van der Waals surface area (Å²) < 4.78 is 10.7. The first-order valence-corrected chi connectivity index (χ1v) is 12.0. The fourth-order valence-electron chi connectivity index (χ4n) is 4.22. The molecule has 4 rings (SSSR count). The second kappa shape index (κ2) is 12.2. The number of carbonyl (C=O) groups excluding carboxylic acids is 1. The molecule has 8 nitrogen and oxygen atoms in total. The third-order valence-electron chi connectivity index (χ3n) is 6.13. The Kier molecular flexibility index (Phi) is 8.51. The average molecular weight is 476 g/mol. The molecule has 1 saturated heterocycles. The summed E-state index contributed by atoms with van der Waals surface area (Å²) in [5.41, 5.74) is 3.39. The minimum absolute atomic E-state index is 0.0617. The smallest absolute Gasteiger partial charge is 0.251 e.